The highest BCUT2D eigenvalue weighted by atomic mass is 32.2. The molecule has 0 saturated heterocycles. The molecule has 2 nitrogen and oxygen atoms in total. The summed E-state index contributed by atoms with van der Waals surface area (Å²) in [4.78, 5) is 5.07. The van der Waals surface area contributed by atoms with Gasteiger partial charge in [0.1, 0.15) is 5.84 Å². The first kappa shape index (κ1) is 20.0. The van der Waals surface area contributed by atoms with E-state index in [0.29, 0.717) is 0 Å². The van der Waals surface area contributed by atoms with Crippen molar-refractivity contribution < 1.29 is 0 Å². The van der Waals surface area contributed by atoms with Crippen LogP contribution in [0.25, 0.3) is 0 Å². The summed E-state index contributed by atoms with van der Waals surface area (Å²) in [5.41, 5.74) is 2.65. The van der Waals surface area contributed by atoms with Gasteiger partial charge < -0.3 is 0 Å². The van der Waals surface area contributed by atoms with E-state index in [0.717, 1.165) is 31.2 Å². The van der Waals surface area contributed by atoms with E-state index >= 15 is 0 Å². The lowest BCUT2D eigenvalue weighted by Crippen LogP contribution is -2.28. The molecule has 0 N–H and O–H groups in total. The van der Waals surface area contributed by atoms with E-state index in [4.69, 9.17) is 4.99 Å². The second-order valence-electron chi connectivity index (χ2n) is 7.36. The second-order valence-corrected chi connectivity index (χ2v) is 8.67. The Balaban J connectivity index is 1.77. The van der Waals surface area contributed by atoms with E-state index in [1.807, 2.05) is 11.9 Å². The van der Waals surface area contributed by atoms with Gasteiger partial charge in [0.05, 0.1) is 13.1 Å². The molecule has 27 heavy (non-hydrogen) atoms. The molecule has 0 spiro atoms. The van der Waals surface area contributed by atoms with Crippen molar-refractivity contribution in [3.05, 3.63) is 71.8 Å². The zero-order chi connectivity index (χ0) is 18.7. The van der Waals surface area contributed by atoms with E-state index in [1.165, 1.54) is 49.1 Å². The molecule has 1 saturated carbocycles. The highest BCUT2D eigenvalue weighted by molar-refractivity contribution is 7.98. The molecule has 0 bridgehead atoms. The lowest BCUT2D eigenvalue weighted by molar-refractivity contribution is 0.506. The van der Waals surface area contributed by atoms with Crippen LogP contribution in [0.15, 0.2) is 65.7 Å². The Kier molecular flexibility index (Phi) is 8.29. The lowest BCUT2D eigenvalue weighted by atomic mass is 10.0. The fraction of sp³-hybridized carbons (Fsp3) is 0.458. The quantitative estimate of drug-likeness (QED) is 0.282. The van der Waals surface area contributed by atoms with E-state index in [2.05, 4.69) is 71.9 Å². The molecule has 1 fully saturated rings. The number of nitrogens with zero attached hydrogens (tertiary/aromatic N) is 2. The van der Waals surface area contributed by atoms with Crippen LogP contribution in [0.4, 0.5) is 0 Å². The van der Waals surface area contributed by atoms with Crippen molar-refractivity contribution in [3.8, 4) is 0 Å². The molecule has 0 radical (unpaired) electrons. The third-order valence-corrected chi connectivity index (χ3v) is 6.41. The number of aliphatic imine (C=N–C) groups is 1. The van der Waals surface area contributed by atoms with E-state index in [9.17, 15) is 0 Å². The Hall–Kier alpha value is -1.74. The van der Waals surface area contributed by atoms with Crippen molar-refractivity contribution in [1.82, 2.24) is 4.31 Å². The Morgan fingerprint density at radius 2 is 1.56 bits per heavy atom. The van der Waals surface area contributed by atoms with E-state index in [-0.39, 0.29) is 0 Å². The fourth-order valence-corrected chi connectivity index (χ4v) is 4.96. The average Bonchev–Trinajstić information content (AvgIpc) is 2.73. The summed E-state index contributed by atoms with van der Waals surface area (Å²) < 4.78 is 2.50. The molecule has 144 valence electrons. The van der Waals surface area contributed by atoms with Gasteiger partial charge in [-0.15, -0.1) is 0 Å². The van der Waals surface area contributed by atoms with E-state index < -0.39 is 0 Å². The number of hydrogen-bond donors (Lipinski definition) is 0. The monoisotopic (exact) mass is 380 g/mol. The van der Waals surface area contributed by atoms with Crippen molar-refractivity contribution in [2.75, 3.05) is 0 Å². The van der Waals surface area contributed by atoms with Crippen LogP contribution < -0.4 is 0 Å². The van der Waals surface area contributed by atoms with E-state index in [1.54, 1.807) is 0 Å². The van der Waals surface area contributed by atoms with Crippen LogP contribution in [0.1, 0.15) is 63.0 Å². The molecule has 2 aromatic rings. The summed E-state index contributed by atoms with van der Waals surface area (Å²) in [6, 6.07) is 21.4. The SMILES string of the molecule is CCC/C(=N\Cc1ccccc1)N(Cc1ccccc1)SC1CCCCC1. The predicted molar refractivity (Wildman–Crippen MR) is 119 cm³/mol. The molecular weight excluding hydrogens is 348 g/mol. The van der Waals surface area contributed by atoms with Crippen molar-refractivity contribution in [2.45, 2.75) is 70.2 Å². The normalized spacial score (nSPS) is 15.7. The predicted octanol–water partition coefficient (Wildman–Crippen LogP) is 6.87. The third kappa shape index (κ3) is 6.73. The van der Waals surface area contributed by atoms with Crippen molar-refractivity contribution in [1.29, 1.82) is 0 Å². The minimum atomic E-state index is 0.737. The van der Waals surface area contributed by atoms with Gasteiger partial charge in [0.25, 0.3) is 0 Å². The van der Waals surface area contributed by atoms with Crippen LogP contribution in [-0.2, 0) is 13.1 Å². The van der Waals surface area contributed by atoms with Crippen LogP contribution in [0, 0.1) is 0 Å². The highest BCUT2D eigenvalue weighted by Gasteiger charge is 2.21. The van der Waals surface area contributed by atoms with Gasteiger partial charge >= 0.3 is 0 Å². The van der Waals surface area contributed by atoms with Gasteiger partial charge in [0.2, 0.25) is 0 Å². The van der Waals surface area contributed by atoms with Crippen molar-refractivity contribution in [3.63, 3.8) is 0 Å². The standard InChI is InChI=1S/C24H32N2S/c1-2-12-24(25-19-21-13-6-3-7-14-21)26(20-22-15-8-4-9-16-22)27-23-17-10-5-11-18-23/h3-4,6-9,13-16,23H,2,5,10-12,17-20H2,1H3/b25-24+. The van der Waals surface area contributed by atoms with Gasteiger partial charge in [-0.1, -0.05) is 86.8 Å². The molecule has 0 aliphatic heterocycles. The molecule has 1 aliphatic carbocycles. The molecular formula is C24H32N2S. The molecule has 2 aromatic carbocycles. The molecule has 0 amide bonds. The second kappa shape index (κ2) is 11.2. The summed E-state index contributed by atoms with van der Waals surface area (Å²) in [6.07, 6.45) is 9.01. The number of rotatable bonds is 8. The molecule has 0 unspecified atom stereocenters. The van der Waals surface area contributed by atoms with Crippen LogP contribution in [-0.4, -0.2) is 15.4 Å². The van der Waals surface area contributed by atoms with Gasteiger partial charge in [-0.05, 0) is 42.3 Å². The summed E-state index contributed by atoms with van der Waals surface area (Å²) in [7, 11) is 0. The molecule has 3 heteroatoms. The molecule has 1 aliphatic rings. The first-order valence-corrected chi connectivity index (χ1v) is 11.2. The van der Waals surface area contributed by atoms with Gasteiger partial charge in [-0.2, -0.15) is 0 Å². The van der Waals surface area contributed by atoms with Crippen molar-refractivity contribution >= 4 is 17.8 Å². The maximum absolute atomic E-state index is 5.07. The first-order valence-electron chi connectivity index (χ1n) is 10.4. The van der Waals surface area contributed by atoms with Crippen LogP contribution >= 0.6 is 11.9 Å². The van der Waals surface area contributed by atoms with Gasteiger partial charge in [-0.25, -0.2) is 0 Å². The number of amidine groups is 1. The number of hydrogen-bond acceptors (Lipinski definition) is 2. The summed E-state index contributed by atoms with van der Waals surface area (Å²) in [5, 5.41) is 0.737. The summed E-state index contributed by atoms with van der Waals surface area (Å²) >= 11 is 2.05. The Bertz CT molecular complexity index is 678. The summed E-state index contributed by atoms with van der Waals surface area (Å²) in [5.74, 6) is 1.25. The van der Waals surface area contributed by atoms with Crippen molar-refractivity contribution in [2.24, 2.45) is 4.99 Å². The molecule has 0 heterocycles. The highest BCUT2D eigenvalue weighted by Crippen LogP contribution is 2.32. The Morgan fingerprint density at radius 1 is 0.926 bits per heavy atom. The fourth-order valence-electron chi connectivity index (χ4n) is 3.56. The number of benzene rings is 2. The zero-order valence-corrected chi connectivity index (χ0v) is 17.3. The zero-order valence-electron chi connectivity index (χ0n) is 16.5. The smallest absolute Gasteiger partial charge is 0.109 e. The van der Waals surface area contributed by atoms with Crippen LogP contribution in [0.5, 0.6) is 0 Å². The molecule has 3 rings (SSSR count). The Labute approximate surface area is 169 Å². The van der Waals surface area contributed by atoms with Gasteiger partial charge in [0.15, 0.2) is 0 Å². The largest absolute Gasteiger partial charge is 0.300 e. The lowest BCUT2D eigenvalue weighted by Gasteiger charge is -2.31. The maximum Gasteiger partial charge on any atom is 0.109 e. The van der Waals surface area contributed by atoms with Gasteiger partial charge in [-0.3, -0.25) is 9.30 Å². The Morgan fingerprint density at radius 3 is 2.19 bits per heavy atom. The average molecular weight is 381 g/mol. The minimum absolute atomic E-state index is 0.737. The van der Waals surface area contributed by atoms with Gasteiger partial charge in [0, 0.05) is 11.7 Å². The van der Waals surface area contributed by atoms with Crippen LogP contribution in [0.3, 0.4) is 0 Å². The molecule has 0 atom stereocenters. The first-order chi connectivity index (χ1) is 13.3. The molecule has 0 aromatic heterocycles. The maximum atomic E-state index is 5.07. The third-order valence-electron chi connectivity index (χ3n) is 5.05. The minimum Gasteiger partial charge on any atom is -0.300 e. The summed E-state index contributed by atoms with van der Waals surface area (Å²) in [6.45, 7) is 3.96. The van der Waals surface area contributed by atoms with Crippen LogP contribution in [0.2, 0.25) is 0 Å². The topological polar surface area (TPSA) is 15.6 Å².